The Morgan fingerprint density at radius 1 is 1.21 bits per heavy atom. The first-order valence-electron chi connectivity index (χ1n) is 5.70. The molecule has 1 amide bonds. The van der Waals surface area contributed by atoms with Gasteiger partial charge in [0, 0.05) is 0 Å². The average molecular weight is 265 g/mol. The lowest BCUT2D eigenvalue weighted by molar-refractivity contribution is -0.156. The fourth-order valence-electron chi connectivity index (χ4n) is 1.43. The number of benzene rings is 1. The highest BCUT2D eigenvalue weighted by Crippen LogP contribution is 2.13. The Morgan fingerprint density at radius 2 is 1.84 bits per heavy atom. The second-order valence-electron chi connectivity index (χ2n) is 3.56. The van der Waals surface area contributed by atoms with Crippen LogP contribution in [0.15, 0.2) is 30.3 Å². The Labute approximate surface area is 110 Å². The maximum absolute atomic E-state index is 11.6. The number of amides is 1. The van der Waals surface area contributed by atoms with Crippen molar-refractivity contribution in [3.8, 4) is 0 Å². The molecule has 0 aromatic heterocycles. The maximum Gasteiger partial charge on any atom is 0.396 e. The molecule has 1 aromatic rings. The van der Waals surface area contributed by atoms with Gasteiger partial charge in [0.25, 0.3) is 0 Å². The first kappa shape index (κ1) is 14.7. The van der Waals surface area contributed by atoms with Crippen molar-refractivity contribution in [1.29, 1.82) is 0 Å². The number of carbonyl (C=O) groups excluding carboxylic acids is 3. The summed E-state index contributed by atoms with van der Waals surface area (Å²) in [6, 6.07) is 7.44. The van der Waals surface area contributed by atoms with Gasteiger partial charge in [-0.05, 0) is 12.5 Å². The Balaban J connectivity index is 2.85. The van der Waals surface area contributed by atoms with Gasteiger partial charge in [-0.15, -0.1) is 0 Å². The van der Waals surface area contributed by atoms with E-state index in [1.165, 1.54) is 7.11 Å². The van der Waals surface area contributed by atoms with Crippen molar-refractivity contribution in [2.24, 2.45) is 0 Å². The molecule has 6 nitrogen and oxygen atoms in total. The predicted octanol–water partition coefficient (Wildman–Crippen LogP) is 0.580. The van der Waals surface area contributed by atoms with Gasteiger partial charge in [-0.25, -0.2) is 9.59 Å². The van der Waals surface area contributed by atoms with Crippen LogP contribution in [-0.4, -0.2) is 31.6 Å². The molecule has 0 spiro atoms. The molecule has 1 rings (SSSR count). The van der Waals surface area contributed by atoms with Gasteiger partial charge < -0.3 is 14.8 Å². The van der Waals surface area contributed by atoms with Gasteiger partial charge in [-0.3, -0.25) is 4.79 Å². The monoisotopic (exact) mass is 265 g/mol. The molecule has 0 heterocycles. The van der Waals surface area contributed by atoms with Gasteiger partial charge in [0.15, 0.2) is 6.04 Å². The van der Waals surface area contributed by atoms with Crippen LogP contribution >= 0.6 is 0 Å². The highest BCUT2D eigenvalue weighted by Gasteiger charge is 2.26. The minimum atomic E-state index is -1.04. The average Bonchev–Trinajstić information content (AvgIpc) is 2.44. The lowest BCUT2D eigenvalue weighted by Gasteiger charge is -2.16. The molecule has 1 N–H and O–H groups in total. The Bertz CT molecular complexity index is 457. The summed E-state index contributed by atoms with van der Waals surface area (Å²) in [5.74, 6) is -2.68. The summed E-state index contributed by atoms with van der Waals surface area (Å²) in [6.45, 7) is 1.67. The zero-order valence-electron chi connectivity index (χ0n) is 10.7. The summed E-state index contributed by atoms with van der Waals surface area (Å²) in [6.07, 6.45) is 0. The molecule has 1 aromatic carbocycles. The predicted molar refractivity (Wildman–Crippen MR) is 66.0 cm³/mol. The number of carbonyl (C=O) groups is 3. The van der Waals surface area contributed by atoms with E-state index in [1.807, 2.05) is 0 Å². The lowest BCUT2D eigenvalue weighted by atomic mass is 10.1. The van der Waals surface area contributed by atoms with Crippen molar-refractivity contribution < 1.29 is 23.9 Å². The summed E-state index contributed by atoms with van der Waals surface area (Å²) in [5.41, 5.74) is 0.520. The molecule has 0 aliphatic rings. The number of esters is 2. The number of nitrogens with one attached hydrogen (secondary N) is 1. The molecule has 0 aliphatic carbocycles. The van der Waals surface area contributed by atoms with Crippen LogP contribution in [0.25, 0.3) is 0 Å². The Kier molecular flexibility index (Phi) is 5.53. The first-order valence-corrected chi connectivity index (χ1v) is 5.70. The molecule has 0 radical (unpaired) electrons. The summed E-state index contributed by atoms with van der Waals surface area (Å²) in [7, 11) is 1.20. The van der Waals surface area contributed by atoms with E-state index in [-0.39, 0.29) is 6.61 Å². The van der Waals surface area contributed by atoms with Crippen molar-refractivity contribution in [3.63, 3.8) is 0 Å². The van der Waals surface area contributed by atoms with Crippen LogP contribution in [0, 0.1) is 0 Å². The Morgan fingerprint density at radius 3 is 2.37 bits per heavy atom. The molecule has 0 saturated heterocycles. The van der Waals surface area contributed by atoms with Gasteiger partial charge in [-0.2, -0.15) is 0 Å². The van der Waals surface area contributed by atoms with Gasteiger partial charge in [-0.1, -0.05) is 30.3 Å². The minimum absolute atomic E-state index is 0.0838. The van der Waals surface area contributed by atoms with Gasteiger partial charge in [0.2, 0.25) is 0 Å². The van der Waals surface area contributed by atoms with Crippen LogP contribution in [0.4, 0.5) is 0 Å². The minimum Gasteiger partial charge on any atom is -0.467 e. The standard InChI is InChI=1S/C13H15NO5/c1-3-19-13(17)11(15)14-10(12(16)18-2)9-7-5-4-6-8-9/h4-8,10H,3H2,1-2H3,(H,14,15)/t10-/m1/s1. The molecular formula is C13H15NO5. The normalized spacial score (nSPS) is 11.3. The van der Waals surface area contributed by atoms with Crippen molar-refractivity contribution in [3.05, 3.63) is 35.9 Å². The number of methoxy groups -OCH3 is 1. The quantitative estimate of drug-likeness (QED) is 0.636. The zero-order valence-corrected chi connectivity index (χ0v) is 10.7. The third-order valence-electron chi connectivity index (χ3n) is 2.31. The second-order valence-corrected chi connectivity index (χ2v) is 3.56. The molecule has 6 heteroatoms. The van der Waals surface area contributed by atoms with Crippen LogP contribution in [0.1, 0.15) is 18.5 Å². The zero-order chi connectivity index (χ0) is 14.3. The largest absolute Gasteiger partial charge is 0.467 e. The van der Waals surface area contributed by atoms with Crippen LogP contribution in [0.5, 0.6) is 0 Å². The van der Waals surface area contributed by atoms with E-state index in [1.54, 1.807) is 37.3 Å². The third-order valence-corrected chi connectivity index (χ3v) is 2.31. The van der Waals surface area contributed by atoms with E-state index < -0.39 is 23.9 Å². The van der Waals surface area contributed by atoms with Gasteiger partial charge in [0.05, 0.1) is 13.7 Å². The number of ether oxygens (including phenoxy) is 2. The van der Waals surface area contributed by atoms with Crippen molar-refractivity contribution in [2.75, 3.05) is 13.7 Å². The van der Waals surface area contributed by atoms with Gasteiger partial charge >= 0.3 is 17.8 Å². The second kappa shape index (κ2) is 7.15. The van der Waals surface area contributed by atoms with E-state index in [4.69, 9.17) is 0 Å². The number of hydrogen-bond acceptors (Lipinski definition) is 5. The molecular weight excluding hydrogens is 250 g/mol. The summed E-state index contributed by atoms with van der Waals surface area (Å²) in [5, 5.41) is 2.28. The van der Waals surface area contributed by atoms with Gasteiger partial charge in [0.1, 0.15) is 0 Å². The maximum atomic E-state index is 11.6. The highest BCUT2D eigenvalue weighted by atomic mass is 16.5. The van der Waals surface area contributed by atoms with Crippen LogP contribution in [0.3, 0.4) is 0 Å². The fourth-order valence-corrected chi connectivity index (χ4v) is 1.43. The topological polar surface area (TPSA) is 81.7 Å². The van der Waals surface area contributed by atoms with Crippen LogP contribution in [-0.2, 0) is 23.9 Å². The summed E-state index contributed by atoms with van der Waals surface area (Å²) < 4.78 is 9.15. The fraction of sp³-hybridized carbons (Fsp3) is 0.308. The molecule has 0 bridgehead atoms. The van der Waals surface area contributed by atoms with Crippen LogP contribution in [0.2, 0.25) is 0 Å². The molecule has 0 unspecified atom stereocenters. The number of rotatable bonds is 4. The van der Waals surface area contributed by atoms with Crippen molar-refractivity contribution in [1.82, 2.24) is 5.32 Å². The summed E-state index contributed by atoms with van der Waals surface area (Å²) in [4.78, 5) is 34.4. The summed E-state index contributed by atoms with van der Waals surface area (Å²) >= 11 is 0. The number of hydrogen-bond donors (Lipinski definition) is 1. The molecule has 102 valence electrons. The first-order chi connectivity index (χ1) is 9.10. The van der Waals surface area contributed by atoms with E-state index in [2.05, 4.69) is 14.8 Å². The lowest BCUT2D eigenvalue weighted by Crippen LogP contribution is -2.39. The SMILES string of the molecule is CCOC(=O)C(=O)N[C@@H](C(=O)OC)c1ccccc1. The van der Waals surface area contributed by atoms with E-state index >= 15 is 0 Å². The Hall–Kier alpha value is -2.37. The highest BCUT2D eigenvalue weighted by molar-refractivity contribution is 6.32. The van der Waals surface area contributed by atoms with Crippen molar-refractivity contribution >= 4 is 17.8 Å². The molecule has 0 fully saturated rings. The van der Waals surface area contributed by atoms with Crippen LogP contribution < -0.4 is 5.32 Å². The molecule has 0 saturated carbocycles. The molecule has 1 atom stereocenters. The smallest absolute Gasteiger partial charge is 0.396 e. The molecule has 0 aliphatic heterocycles. The third kappa shape index (κ3) is 4.09. The van der Waals surface area contributed by atoms with E-state index in [0.717, 1.165) is 0 Å². The van der Waals surface area contributed by atoms with Crippen molar-refractivity contribution in [2.45, 2.75) is 13.0 Å². The van der Waals surface area contributed by atoms with E-state index in [0.29, 0.717) is 5.56 Å². The molecule has 19 heavy (non-hydrogen) atoms. The van der Waals surface area contributed by atoms with E-state index in [9.17, 15) is 14.4 Å².